The van der Waals surface area contributed by atoms with E-state index >= 15 is 0 Å². The van der Waals surface area contributed by atoms with E-state index in [1.165, 1.54) is 0 Å². The van der Waals surface area contributed by atoms with Gasteiger partial charge in [-0.2, -0.15) is 0 Å². The van der Waals surface area contributed by atoms with E-state index in [2.05, 4.69) is 17.1 Å². The van der Waals surface area contributed by atoms with Crippen molar-refractivity contribution < 1.29 is 0 Å². The van der Waals surface area contributed by atoms with Gasteiger partial charge in [-0.3, -0.25) is 4.98 Å². The van der Waals surface area contributed by atoms with E-state index in [1.807, 2.05) is 60.8 Å². The molecule has 92 valence electrons. The van der Waals surface area contributed by atoms with Gasteiger partial charge in [-0.1, -0.05) is 48.6 Å². The van der Waals surface area contributed by atoms with Crippen LogP contribution in [-0.4, -0.2) is 4.98 Å². The number of nitrogens with two attached hydrogens (primary N) is 1. The summed E-state index contributed by atoms with van der Waals surface area (Å²) in [5.41, 5.74) is 9.91. The summed E-state index contributed by atoms with van der Waals surface area (Å²) in [6, 6.07) is 18.0. The summed E-state index contributed by atoms with van der Waals surface area (Å²) >= 11 is 0. The predicted molar refractivity (Wildman–Crippen MR) is 81.5 cm³/mol. The molecule has 2 aromatic carbocycles. The second-order valence-corrected chi connectivity index (χ2v) is 4.38. The van der Waals surface area contributed by atoms with Crippen LogP contribution in [0.3, 0.4) is 0 Å². The largest absolute Gasteiger partial charge is 0.398 e. The highest BCUT2D eigenvalue weighted by atomic mass is 14.6. The van der Waals surface area contributed by atoms with Crippen LogP contribution in [0, 0.1) is 0 Å². The quantitative estimate of drug-likeness (QED) is 0.694. The van der Waals surface area contributed by atoms with Crippen LogP contribution in [0.1, 0.15) is 11.1 Å². The molecule has 0 saturated heterocycles. The number of pyridine rings is 1. The lowest BCUT2D eigenvalue weighted by molar-refractivity contribution is 1.41. The normalized spacial score (nSPS) is 11.2. The van der Waals surface area contributed by atoms with Crippen molar-refractivity contribution in [2.75, 3.05) is 5.73 Å². The minimum Gasteiger partial charge on any atom is -0.398 e. The zero-order valence-corrected chi connectivity index (χ0v) is 10.5. The Bertz CT molecular complexity index is 740. The fourth-order valence-electron chi connectivity index (χ4n) is 2.11. The molecule has 0 saturated carbocycles. The Morgan fingerprint density at radius 2 is 1.53 bits per heavy atom. The highest BCUT2D eigenvalue weighted by molar-refractivity contribution is 5.91. The van der Waals surface area contributed by atoms with Crippen LogP contribution in [-0.2, 0) is 0 Å². The minimum absolute atomic E-state index is 0.789. The molecule has 3 aromatic rings. The maximum atomic E-state index is 5.93. The van der Waals surface area contributed by atoms with Gasteiger partial charge in [0, 0.05) is 17.3 Å². The first kappa shape index (κ1) is 11.5. The van der Waals surface area contributed by atoms with Crippen molar-refractivity contribution in [3.63, 3.8) is 0 Å². The Hall–Kier alpha value is -2.61. The number of fused-ring (bicyclic) bond motifs is 1. The first-order chi connectivity index (χ1) is 9.34. The van der Waals surface area contributed by atoms with Gasteiger partial charge in [0.2, 0.25) is 0 Å². The average Bonchev–Trinajstić information content (AvgIpc) is 2.46. The van der Waals surface area contributed by atoms with Crippen LogP contribution >= 0.6 is 0 Å². The molecule has 0 aliphatic rings. The molecule has 1 aromatic heterocycles. The second-order valence-electron chi connectivity index (χ2n) is 4.38. The zero-order valence-electron chi connectivity index (χ0n) is 10.5. The summed E-state index contributed by atoms with van der Waals surface area (Å²) in [6.07, 6.45) is 5.95. The maximum Gasteiger partial charge on any atom is 0.0707 e. The molecule has 3 rings (SSSR count). The minimum atomic E-state index is 0.789. The number of anilines is 1. The van der Waals surface area contributed by atoms with Gasteiger partial charge in [-0.05, 0) is 29.3 Å². The third-order valence-corrected chi connectivity index (χ3v) is 3.12. The fraction of sp³-hybridized carbons (Fsp3) is 0. The molecule has 0 bridgehead atoms. The van der Waals surface area contributed by atoms with Crippen molar-refractivity contribution in [1.29, 1.82) is 0 Å². The van der Waals surface area contributed by atoms with Crippen LogP contribution in [0.25, 0.3) is 23.1 Å². The van der Waals surface area contributed by atoms with E-state index in [4.69, 9.17) is 5.73 Å². The van der Waals surface area contributed by atoms with Crippen molar-refractivity contribution in [3.05, 3.63) is 71.9 Å². The summed E-state index contributed by atoms with van der Waals surface area (Å²) in [4.78, 5) is 4.36. The van der Waals surface area contributed by atoms with Gasteiger partial charge >= 0.3 is 0 Å². The van der Waals surface area contributed by atoms with Crippen LogP contribution < -0.4 is 5.73 Å². The van der Waals surface area contributed by atoms with Gasteiger partial charge in [0.15, 0.2) is 0 Å². The summed E-state index contributed by atoms with van der Waals surface area (Å²) < 4.78 is 0. The number of nitrogens with zero attached hydrogens (tertiary/aromatic N) is 1. The number of nitrogen functional groups attached to an aromatic ring is 1. The lowest BCUT2D eigenvalue weighted by Gasteiger charge is -2.02. The van der Waals surface area contributed by atoms with Crippen LogP contribution in [0.5, 0.6) is 0 Å². The molecule has 1 heterocycles. The second kappa shape index (κ2) is 4.94. The highest BCUT2D eigenvalue weighted by Gasteiger charge is 1.98. The molecule has 0 amide bonds. The number of para-hydroxylation sites is 2. The molecular weight excluding hydrogens is 232 g/mol. The maximum absolute atomic E-state index is 5.93. The number of aromatic nitrogens is 1. The number of hydrogen-bond donors (Lipinski definition) is 1. The zero-order chi connectivity index (χ0) is 13.1. The summed E-state index contributed by atoms with van der Waals surface area (Å²) in [5, 5.41) is 1.15. The first-order valence-electron chi connectivity index (χ1n) is 6.21. The first-order valence-corrected chi connectivity index (χ1v) is 6.21. The van der Waals surface area contributed by atoms with E-state index < -0.39 is 0 Å². The Morgan fingerprint density at radius 1 is 0.789 bits per heavy atom. The summed E-state index contributed by atoms with van der Waals surface area (Å²) in [6.45, 7) is 0. The monoisotopic (exact) mass is 246 g/mol. The predicted octanol–water partition coefficient (Wildman–Crippen LogP) is 3.99. The van der Waals surface area contributed by atoms with Crippen molar-refractivity contribution in [3.8, 4) is 0 Å². The highest BCUT2D eigenvalue weighted by Crippen LogP contribution is 2.20. The van der Waals surface area contributed by atoms with Crippen molar-refractivity contribution in [2.24, 2.45) is 0 Å². The Balaban J connectivity index is 2.04. The molecule has 0 fully saturated rings. The van der Waals surface area contributed by atoms with Gasteiger partial charge in [0.25, 0.3) is 0 Å². The van der Waals surface area contributed by atoms with Crippen LogP contribution in [0.2, 0.25) is 0 Å². The fourth-order valence-corrected chi connectivity index (χ4v) is 2.11. The van der Waals surface area contributed by atoms with Gasteiger partial charge in [-0.15, -0.1) is 0 Å². The molecule has 2 heteroatoms. The van der Waals surface area contributed by atoms with E-state index in [9.17, 15) is 0 Å². The Labute approximate surface area is 112 Å². The molecule has 0 radical (unpaired) electrons. The van der Waals surface area contributed by atoms with Crippen LogP contribution in [0.4, 0.5) is 5.69 Å². The number of rotatable bonds is 2. The lowest BCUT2D eigenvalue weighted by atomic mass is 10.1. The third kappa shape index (κ3) is 2.33. The average molecular weight is 246 g/mol. The summed E-state index contributed by atoms with van der Waals surface area (Å²) in [7, 11) is 0. The van der Waals surface area contributed by atoms with E-state index in [1.54, 1.807) is 0 Å². The van der Waals surface area contributed by atoms with Crippen molar-refractivity contribution in [1.82, 2.24) is 4.98 Å². The molecule has 0 aliphatic heterocycles. The molecule has 0 unspecified atom stereocenters. The molecule has 2 N–H and O–H groups in total. The summed E-state index contributed by atoms with van der Waals surface area (Å²) in [5.74, 6) is 0. The smallest absolute Gasteiger partial charge is 0.0707 e. The molecule has 2 nitrogen and oxygen atoms in total. The van der Waals surface area contributed by atoms with E-state index in [0.29, 0.717) is 0 Å². The lowest BCUT2D eigenvalue weighted by Crippen LogP contribution is -1.87. The Morgan fingerprint density at radius 3 is 2.42 bits per heavy atom. The van der Waals surface area contributed by atoms with Gasteiger partial charge < -0.3 is 5.73 Å². The third-order valence-electron chi connectivity index (χ3n) is 3.12. The van der Waals surface area contributed by atoms with Crippen LogP contribution in [0.15, 0.2) is 60.8 Å². The van der Waals surface area contributed by atoms with E-state index in [0.717, 1.165) is 27.7 Å². The molecular formula is C17H14N2. The van der Waals surface area contributed by atoms with Gasteiger partial charge in [0.05, 0.1) is 5.52 Å². The van der Waals surface area contributed by atoms with Crippen molar-refractivity contribution in [2.45, 2.75) is 0 Å². The molecule has 19 heavy (non-hydrogen) atoms. The molecule has 0 atom stereocenters. The topological polar surface area (TPSA) is 38.9 Å². The molecule has 0 aliphatic carbocycles. The molecule has 0 spiro atoms. The van der Waals surface area contributed by atoms with E-state index in [-0.39, 0.29) is 0 Å². The number of benzene rings is 2. The van der Waals surface area contributed by atoms with Gasteiger partial charge in [-0.25, -0.2) is 0 Å². The van der Waals surface area contributed by atoms with Crippen molar-refractivity contribution >= 4 is 28.7 Å². The SMILES string of the molecule is Nc1ccccc1/C=C\c1ccnc2ccccc12. The van der Waals surface area contributed by atoms with Gasteiger partial charge in [0.1, 0.15) is 0 Å². The number of hydrogen-bond acceptors (Lipinski definition) is 2. The Kier molecular flexibility index (Phi) is 2.99. The standard InChI is InChI=1S/C17H14N2/c18-16-7-3-1-5-14(16)10-9-13-11-12-19-17-8-4-2-6-15(13)17/h1-12H,18H2/b10-9-.